The molecule has 1 aromatic carbocycles. The summed E-state index contributed by atoms with van der Waals surface area (Å²) < 4.78 is 0. The van der Waals surface area contributed by atoms with Gasteiger partial charge in [0.2, 0.25) is 0 Å². The molecule has 13 heavy (non-hydrogen) atoms. The first kappa shape index (κ1) is 9.74. The van der Waals surface area contributed by atoms with E-state index in [1.807, 2.05) is 24.3 Å². The molecule has 70 valence electrons. The van der Waals surface area contributed by atoms with Crippen LogP contribution in [0.25, 0.3) is 0 Å². The average molecular weight is 178 g/mol. The van der Waals surface area contributed by atoms with Crippen LogP contribution in [0.2, 0.25) is 0 Å². The van der Waals surface area contributed by atoms with Crippen LogP contribution in [0.4, 0.5) is 0 Å². The molecule has 0 radical (unpaired) electrons. The number of rotatable bonds is 3. The normalized spacial score (nSPS) is 11.7. The molecule has 1 aromatic rings. The topological polar surface area (TPSA) is 58.6 Å². The van der Waals surface area contributed by atoms with Crippen LogP contribution < -0.4 is 5.73 Å². The molecule has 3 nitrogen and oxygen atoms in total. The molecule has 0 unspecified atom stereocenters. The van der Waals surface area contributed by atoms with Crippen LogP contribution in [0.15, 0.2) is 29.4 Å². The van der Waals surface area contributed by atoms with Gasteiger partial charge >= 0.3 is 0 Å². The molecule has 0 atom stereocenters. The van der Waals surface area contributed by atoms with Crippen molar-refractivity contribution in [2.24, 2.45) is 10.9 Å². The second-order valence-corrected chi connectivity index (χ2v) is 2.92. The third-order valence-electron chi connectivity index (χ3n) is 1.95. The Morgan fingerprint density at radius 1 is 1.38 bits per heavy atom. The Hall–Kier alpha value is -1.35. The standard InChI is InChI=1S/C10H14N2O/c1-8(12-13)10-4-2-9(3-5-10)6-7-11/h2-5,13H,6-7,11H2,1H3/b12-8-. The van der Waals surface area contributed by atoms with Gasteiger partial charge in [-0.25, -0.2) is 0 Å². The maximum atomic E-state index is 8.53. The van der Waals surface area contributed by atoms with E-state index < -0.39 is 0 Å². The molecule has 0 aromatic heterocycles. The Morgan fingerprint density at radius 2 is 2.00 bits per heavy atom. The van der Waals surface area contributed by atoms with Gasteiger partial charge in [0.05, 0.1) is 5.71 Å². The van der Waals surface area contributed by atoms with Crippen molar-refractivity contribution in [3.63, 3.8) is 0 Å². The summed E-state index contributed by atoms with van der Waals surface area (Å²) in [5.74, 6) is 0. The number of oxime groups is 1. The van der Waals surface area contributed by atoms with Gasteiger partial charge in [-0.3, -0.25) is 0 Å². The van der Waals surface area contributed by atoms with E-state index in [0.717, 1.165) is 12.0 Å². The summed E-state index contributed by atoms with van der Waals surface area (Å²) in [7, 11) is 0. The second kappa shape index (κ2) is 4.62. The summed E-state index contributed by atoms with van der Waals surface area (Å²) in [4.78, 5) is 0. The Bertz CT molecular complexity index is 290. The predicted molar refractivity (Wildman–Crippen MR) is 53.2 cm³/mol. The molecule has 3 N–H and O–H groups in total. The average Bonchev–Trinajstić information content (AvgIpc) is 2.18. The largest absolute Gasteiger partial charge is 0.411 e. The Morgan fingerprint density at radius 3 is 2.46 bits per heavy atom. The zero-order valence-electron chi connectivity index (χ0n) is 7.70. The van der Waals surface area contributed by atoms with Crippen molar-refractivity contribution in [3.8, 4) is 0 Å². The molecule has 0 saturated heterocycles. The lowest BCUT2D eigenvalue weighted by Gasteiger charge is -2.01. The van der Waals surface area contributed by atoms with E-state index in [4.69, 9.17) is 10.9 Å². The third-order valence-corrected chi connectivity index (χ3v) is 1.95. The fourth-order valence-electron chi connectivity index (χ4n) is 1.14. The van der Waals surface area contributed by atoms with Gasteiger partial charge < -0.3 is 10.9 Å². The highest BCUT2D eigenvalue weighted by Gasteiger charge is 1.97. The Kier molecular flexibility index (Phi) is 3.46. The first-order valence-corrected chi connectivity index (χ1v) is 4.26. The van der Waals surface area contributed by atoms with E-state index >= 15 is 0 Å². The molecule has 3 heteroatoms. The third kappa shape index (κ3) is 2.56. The minimum absolute atomic E-state index is 0.624. The van der Waals surface area contributed by atoms with Crippen LogP contribution in [0.5, 0.6) is 0 Å². The summed E-state index contributed by atoms with van der Waals surface area (Å²) >= 11 is 0. The molecule has 0 heterocycles. The minimum Gasteiger partial charge on any atom is -0.411 e. The predicted octanol–water partition coefficient (Wildman–Crippen LogP) is 1.39. The van der Waals surface area contributed by atoms with Crippen molar-refractivity contribution >= 4 is 5.71 Å². The number of nitrogens with two attached hydrogens (primary N) is 1. The van der Waals surface area contributed by atoms with Crippen molar-refractivity contribution in [3.05, 3.63) is 35.4 Å². The monoisotopic (exact) mass is 178 g/mol. The quantitative estimate of drug-likeness (QED) is 0.417. The number of hydrogen-bond donors (Lipinski definition) is 2. The molecule has 0 spiro atoms. The van der Waals surface area contributed by atoms with E-state index in [9.17, 15) is 0 Å². The molecule has 0 amide bonds. The van der Waals surface area contributed by atoms with E-state index in [0.29, 0.717) is 12.3 Å². The van der Waals surface area contributed by atoms with Gasteiger partial charge in [0.1, 0.15) is 0 Å². The number of benzene rings is 1. The van der Waals surface area contributed by atoms with Crippen LogP contribution >= 0.6 is 0 Å². The van der Waals surface area contributed by atoms with Gasteiger partial charge in [-0.15, -0.1) is 0 Å². The zero-order chi connectivity index (χ0) is 9.68. The molecular weight excluding hydrogens is 164 g/mol. The van der Waals surface area contributed by atoms with Crippen LogP contribution in [-0.2, 0) is 6.42 Å². The molecule has 0 aliphatic carbocycles. The highest BCUT2D eigenvalue weighted by atomic mass is 16.4. The highest BCUT2D eigenvalue weighted by molar-refractivity contribution is 5.98. The summed E-state index contributed by atoms with van der Waals surface area (Å²) in [6.07, 6.45) is 0.885. The molecule has 0 bridgehead atoms. The van der Waals surface area contributed by atoms with E-state index in [-0.39, 0.29) is 0 Å². The van der Waals surface area contributed by atoms with Gasteiger partial charge in [-0.2, -0.15) is 0 Å². The molecule has 0 saturated carbocycles. The molecular formula is C10H14N2O. The SMILES string of the molecule is C/C(=N/O)c1ccc(CCN)cc1. The van der Waals surface area contributed by atoms with E-state index in [2.05, 4.69) is 5.16 Å². The van der Waals surface area contributed by atoms with Crippen LogP contribution in [0, 0.1) is 0 Å². The van der Waals surface area contributed by atoms with Crippen molar-refractivity contribution < 1.29 is 5.21 Å². The van der Waals surface area contributed by atoms with Gasteiger partial charge in [0.15, 0.2) is 0 Å². The zero-order valence-corrected chi connectivity index (χ0v) is 7.70. The van der Waals surface area contributed by atoms with Crippen LogP contribution in [0.3, 0.4) is 0 Å². The van der Waals surface area contributed by atoms with E-state index in [1.54, 1.807) is 6.92 Å². The van der Waals surface area contributed by atoms with Crippen LogP contribution in [-0.4, -0.2) is 17.5 Å². The van der Waals surface area contributed by atoms with Crippen molar-refractivity contribution in [1.82, 2.24) is 0 Å². The summed E-state index contributed by atoms with van der Waals surface area (Å²) in [6, 6.07) is 7.86. The van der Waals surface area contributed by atoms with Crippen LogP contribution in [0.1, 0.15) is 18.1 Å². The lowest BCUT2D eigenvalue weighted by Crippen LogP contribution is -2.03. The molecule has 0 aliphatic heterocycles. The first-order chi connectivity index (χ1) is 6.27. The maximum absolute atomic E-state index is 8.53. The van der Waals surface area contributed by atoms with Crippen molar-refractivity contribution in [2.75, 3.05) is 6.54 Å². The first-order valence-electron chi connectivity index (χ1n) is 4.26. The Balaban J connectivity index is 2.81. The molecule has 0 aliphatic rings. The van der Waals surface area contributed by atoms with Gasteiger partial charge in [0.25, 0.3) is 0 Å². The second-order valence-electron chi connectivity index (χ2n) is 2.92. The lowest BCUT2D eigenvalue weighted by atomic mass is 10.1. The summed E-state index contributed by atoms with van der Waals surface area (Å²) in [5.41, 5.74) is 8.18. The summed E-state index contributed by atoms with van der Waals surface area (Å²) in [5, 5.41) is 11.7. The van der Waals surface area contributed by atoms with E-state index in [1.165, 1.54) is 5.56 Å². The van der Waals surface area contributed by atoms with Gasteiger partial charge in [-0.05, 0) is 31.0 Å². The molecule has 1 rings (SSSR count). The molecule has 0 fully saturated rings. The number of nitrogens with zero attached hydrogens (tertiary/aromatic N) is 1. The fraction of sp³-hybridized carbons (Fsp3) is 0.300. The van der Waals surface area contributed by atoms with Crippen molar-refractivity contribution in [1.29, 1.82) is 0 Å². The maximum Gasteiger partial charge on any atom is 0.0836 e. The highest BCUT2D eigenvalue weighted by Crippen LogP contribution is 2.05. The van der Waals surface area contributed by atoms with Crippen molar-refractivity contribution in [2.45, 2.75) is 13.3 Å². The van der Waals surface area contributed by atoms with Gasteiger partial charge in [-0.1, -0.05) is 29.4 Å². The van der Waals surface area contributed by atoms with Gasteiger partial charge in [0, 0.05) is 0 Å². The smallest absolute Gasteiger partial charge is 0.0836 e. The Labute approximate surface area is 77.9 Å². The lowest BCUT2D eigenvalue weighted by molar-refractivity contribution is 0.319. The fourth-order valence-corrected chi connectivity index (χ4v) is 1.14. The number of hydrogen-bond acceptors (Lipinski definition) is 3. The minimum atomic E-state index is 0.624. The summed E-state index contributed by atoms with van der Waals surface area (Å²) in [6.45, 7) is 2.42.